The van der Waals surface area contributed by atoms with Gasteiger partial charge in [-0.3, -0.25) is 4.79 Å². The molecule has 2 aromatic rings. The van der Waals surface area contributed by atoms with Crippen molar-refractivity contribution in [1.82, 2.24) is 4.31 Å². The molecule has 1 N–H and O–H groups in total. The minimum absolute atomic E-state index is 0.131. The van der Waals surface area contributed by atoms with E-state index < -0.39 is 10.0 Å². The van der Waals surface area contributed by atoms with Gasteiger partial charge in [0.2, 0.25) is 15.9 Å². The molecule has 1 unspecified atom stereocenters. The minimum atomic E-state index is -3.59. The van der Waals surface area contributed by atoms with Crippen molar-refractivity contribution >= 4 is 21.6 Å². The van der Waals surface area contributed by atoms with Gasteiger partial charge in [0.1, 0.15) is 0 Å². The van der Waals surface area contributed by atoms with Crippen LogP contribution < -0.4 is 5.32 Å². The van der Waals surface area contributed by atoms with Gasteiger partial charge in [0.05, 0.1) is 10.8 Å². The fraction of sp³-hybridized carbons (Fsp3) is 0.409. The predicted molar refractivity (Wildman–Crippen MR) is 114 cm³/mol. The number of anilines is 1. The predicted octanol–water partition coefficient (Wildman–Crippen LogP) is 4.47. The quantitative estimate of drug-likeness (QED) is 0.709. The van der Waals surface area contributed by atoms with Gasteiger partial charge in [-0.05, 0) is 49.1 Å². The third kappa shape index (κ3) is 4.62. The Morgan fingerprint density at radius 1 is 1.04 bits per heavy atom. The number of carbonyl (C=O) groups is 1. The van der Waals surface area contributed by atoms with Crippen molar-refractivity contribution in [1.29, 1.82) is 0 Å². The van der Waals surface area contributed by atoms with Gasteiger partial charge in [-0.15, -0.1) is 0 Å². The number of hydrogen-bond donors (Lipinski definition) is 1. The molecular weight excluding hydrogens is 372 g/mol. The van der Waals surface area contributed by atoms with Crippen LogP contribution in [0.1, 0.15) is 49.8 Å². The van der Waals surface area contributed by atoms with Crippen LogP contribution in [0.5, 0.6) is 0 Å². The van der Waals surface area contributed by atoms with Gasteiger partial charge in [0, 0.05) is 18.8 Å². The molecule has 0 fully saturated rings. The molecule has 6 heteroatoms. The zero-order valence-corrected chi connectivity index (χ0v) is 18.1. The van der Waals surface area contributed by atoms with E-state index >= 15 is 0 Å². The standard InChI is InChI=1S/C22H30N2O3S/c1-6-20(18-12-10-9-11-13-18)22(25)23-21-15-19(14-16(4)17(21)5)28(26,27)24(7-2)8-3/h9-15,20H,6-8H2,1-5H3,(H,23,25). The molecule has 5 nitrogen and oxygen atoms in total. The van der Waals surface area contributed by atoms with Gasteiger partial charge >= 0.3 is 0 Å². The highest BCUT2D eigenvalue weighted by atomic mass is 32.2. The summed E-state index contributed by atoms with van der Waals surface area (Å²) in [6.07, 6.45) is 0.658. The molecule has 2 rings (SSSR count). The molecule has 0 aliphatic rings. The van der Waals surface area contributed by atoms with Crippen molar-refractivity contribution in [2.45, 2.75) is 51.9 Å². The summed E-state index contributed by atoms with van der Waals surface area (Å²) in [7, 11) is -3.59. The lowest BCUT2D eigenvalue weighted by Gasteiger charge is -2.21. The topological polar surface area (TPSA) is 66.5 Å². The molecule has 0 heterocycles. The Kier molecular flexibility index (Phi) is 7.38. The summed E-state index contributed by atoms with van der Waals surface area (Å²) in [5.74, 6) is -0.419. The lowest BCUT2D eigenvalue weighted by atomic mass is 9.95. The van der Waals surface area contributed by atoms with Crippen molar-refractivity contribution in [3.05, 3.63) is 59.2 Å². The number of benzene rings is 2. The van der Waals surface area contributed by atoms with E-state index in [1.54, 1.807) is 12.1 Å². The molecule has 1 amide bonds. The van der Waals surface area contributed by atoms with Crippen molar-refractivity contribution in [2.75, 3.05) is 18.4 Å². The van der Waals surface area contributed by atoms with Crippen LogP contribution in [-0.4, -0.2) is 31.7 Å². The number of nitrogens with one attached hydrogen (secondary N) is 1. The first kappa shape index (κ1) is 22.1. The maximum absolute atomic E-state index is 12.9. The summed E-state index contributed by atoms with van der Waals surface area (Å²) in [5, 5.41) is 2.97. The van der Waals surface area contributed by atoms with Gasteiger partial charge in [0.25, 0.3) is 0 Å². The summed E-state index contributed by atoms with van der Waals surface area (Å²) in [6, 6.07) is 12.9. The van der Waals surface area contributed by atoms with Crippen LogP contribution in [-0.2, 0) is 14.8 Å². The Bertz CT molecular complexity index is 920. The Labute approximate surface area is 168 Å². The molecule has 0 aromatic heterocycles. The highest BCUT2D eigenvalue weighted by molar-refractivity contribution is 7.89. The average Bonchev–Trinajstić information content (AvgIpc) is 2.67. The average molecular weight is 403 g/mol. The van der Waals surface area contributed by atoms with Gasteiger partial charge < -0.3 is 5.32 Å². The molecule has 0 bridgehead atoms. The lowest BCUT2D eigenvalue weighted by Crippen LogP contribution is -2.31. The number of sulfonamides is 1. The van der Waals surface area contributed by atoms with Crippen molar-refractivity contribution < 1.29 is 13.2 Å². The highest BCUT2D eigenvalue weighted by Crippen LogP contribution is 2.28. The molecule has 152 valence electrons. The number of nitrogens with zero attached hydrogens (tertiary/aromatic N) is 1. The van der Waals surface area contributed by atoms with Gasteiger partial charge in [-0.1, -0.05) is 51.1 Å². The van der Waals surface area contributed by atoms with E-state index in [1.165, 1.54) is 4.31 Å². The first-order valence-corrected chi connectivity index (χ1v) is 11.2. The minimum Gasteiger partial charge on any atom is -0.325 e. The van der Waals surface area contributed by atoms with Crippen LogP contribution in [0.15, 0.2) is 47.4 Å². The van der Waals surface area contributed by atoms with Crippen LogP contribution in [0.3, 0.4) is 0 Å². The third-order valence-corrected chi connectivity index (χ3v) is 7.20. The molecular formula is C22H30N2O3S. The second kappa shape index (κ2) is 9.34. The Balaban J connectivity index is 2.41. The molecule has 0 saturated carbocycles. The van der Waals surface area contributed by atoms with Gasteiger partial charge in [-0.2, -0.15) is 4.31 Å². The second-order valence-corrected chi connectivity index (χ2v) is 8.80. The summed E-state index contributed by atoms with van der Waals surface area (Å²) in [6.45, 7) is 10.2. The Morgan fingerprint density at radius 2 is 1.64 bits per heavy atom. The molecule has 0 spiro atoms. The lowest BCUT2D eigenvalue weighted by molar-refractivity contribution is -0.117. The zero-order chi connectivity index (χ0) is 20.9. The summed E-state index contributed by atoms with van der Waals surface area (Å²) in [4.78, 5) is 13.2. The zero-order valence-electron chi connectivity index (χ0n) is 17.3. The largest absolute Gasteiger partial charge is 0.325 e. The first-order valence-electron chi connectivity index (χ1n) is 9.73. The third-order valence-electron chi connectivity index (χ3n) is 5.17. The summed E-state index contributed by atoms with van der Waals surface area (Å²) >= 11 is 0. The van der Waals surface area contributed by atoms with E-state index in [2.05, 4.69) is 5.32 Å². The smallest absolute Gasteiger partial charge is 0.243 e. The number of hydrogen-bond acceptors (Lipinski definition) is 3. The maximum atomic E-state index is 12.9. The number of amides is 1. The number of aryl methyl sites for hydroxylation is 1. The van der Waals surface area contributed by atoms with E-state index in [0.29, 0.717) is 25.2 Å². The fourth-order valence-corrected chi connectivity index (χ4v) is 4.87. The maximum Gasteiger partial charge on any atom is 0.243 e. The Morgan fingerprint density at radius 3 is 2.18 bits per heavy atom. The Hall–Kier alpha value is -2.18. The van der Waals surface area contributed by atoms with Crippen molar-refractivity contribution in [3.63, 3.8) is 0 Å². The van der Waals surface area contributed by atoms with E-state index in [9.17, 15) is 13.2 Å². The SMILES string of the molecule is CCC(C(=O)Nc1cc(S(=O)(=O)N(CC)CC)cc(C)c1C)c1ccccc1. The van der Waals surface area contributed by atoms with Crippen LogP contribution >= 0.6 is 0 Å². The van der Waals surface area contributed by atoms with Crippen LogP contribution in [0, 0.1) is 13.8 Å². The molecule has 1 atom stereocenters. The first-order chi connectivity index (χ1) is 13.3. The molecule has 2 aromatic carbocycles. The number of rotatable bonds is 8. The second-order valence-electron chi connectivity index (χ2n) is 6.86. The van der Waals surface area contributed by atoms with E-state index in [1.807, 2.05) is 65.0 Å². The summed E-state index contributed by atoms with van der Waals surface area (Å²) in [5.41, 5.74) is 3.19. The fourth-order valence-electron chi connectivity index (χ4n) is 3.30. The van der Waals surface area contributed by atoms with Gasteiger partial charge in [0.15, 0.2) is 0 Å². The normalized spacial score (nSPS) is 12.8. The van der Waals surface area contributed by atoms with Crippen LogP contribution in [0.2, 0.25) is 0 Å². The van der Waals surface area contributed by atoms with E-state index in [0.717, 1.165) is 16.7 Å². The van der Waals surface area contributed by atoms with Crippen molar-refractivity contribution in [3.8, 4) is 0 Å². The van der Waals surface area contributed by atoms with Crippen molar-refractivity contribution in [2.24, 2.45) is 0 Å². The van der Waals surface area contributed by atoms with E-state index in [4.69, 9.17) is 0 Å². The van der Waals surface area contributed by atoms with Crippen LogP contribution in [0.25, 0.3) is 0 Å². The summed E-state index contributed by atoms with van der Waals surface area (Å²) < 4.78 is 27.3. The molecule has 0 saturated heterocycles. The molecule has 0 aliphatic heterocycles. The van der Waals surface area contributed by atoms with Crippen LogP contribution in [0.4, 0.5) is 5.69 Å². The molecule has 0 aliphatic carbocycles. The highest BCUT2D eigenvalue weighted by Gasteiger charge is 2.25. The van der Waals surface area contributed by atoms with Gasteiger partial charge in [-0.25, -0.2) is 8.42 Å². The number of carbonyl (C=O) groups excluding carboxylic acids is 1. The van der Waals surface area contributed by atoms with E-state index in [-0.39, 0.29) is 16.7 Å². The monoisotopic (exact) mass is 402 g/mol. The molecule has 28 heavy (non-hydrogen) atoms. The molecule has 0 radical (unpaired) electrons.